The molecule has 0 saturated carbocycles. The van der Waals surface area contributed by atoms with Gasteiger partial charge in [0.15, 0.2) is 5.82 Å². The minimum atomic E-state index is -0.515. The van der Waals surface area contributed by atoms with Crippen molar-refractivity contribution < 1.29 is 18.7 Å². The van der Waals surface area contributed by atoms with Crippen LogP contribution in [0.5, 0.6) is 11.8 Å². The number of amides is 2. The predicted octanol–water partition coefficient (Wildman–Crippen LogP) is 3.87. The fourth-order valence-electron chi connectivity index (χ4n) is 2.90. The van der Waals surface area contributed by atoms with E-state index >= 15 is 0 Å². The van der Waals surface area contributed by atoms with Gasteiger partial charge < -0.3 is 19.7 Å². The van der Waals surface area contributed by atoms with Crippen molar-refractivity contribution in [3.8, 4) is 11.8 Å². The number of nitrogens with zero attached hydrogens (tertiary/aromatic N) is 3. The lowest BCUT2D eigenvalue weighted by Crippen LogP contribution is -2.46. The smallest absolute Gasteiger partial charge is 0.321 e. The number of likely N-dealkylation sites (tertiary alicyclic amines) is 1. The number of hydrogen-bond acceptors (Lipinski definition) is 5. The topological polar surface area (TPSA) is 76.6 Å². The molecule has 0 radical (unpaired) electrons. The Morgan fingerprint density at radius 2 is 2.04 bits per heavy atom. The molecule has 7 nitrogen and oxygen atoms in total. The first-order chi connectivity index (χ1) is 13.6. The molecule has 1 saturated heterocycles. The number of carbonyl (C=O) groups excluding carboxylic acids is 1. The van der Waals surface area contributed by atoms with Gasteiger partial charge in [0.1, 0.15) is 11.9 Å². The third-order valence-electron chi connectivity index (χ3n) is 4.41. The monoisotopic (exact) mass is 388 g/mol. The molecule has 1 atom stereocenters. The van der Waals surface area contributed by atoms with Crippen LogP contribution in [0.3, 0.4) is 0 Å². The normalized spacial score (nSPS) is 16.5. The Morgan fingerprint density at radius 3 is 2.75 bits per heavy atom. The molecule has 3 rings (SSSR count). The first kappa shape index (κ1) is 19.9. The Hall–Kier alpha value is -2.90. The zero-order valence-corrected chi connectivity index (χ0v) is 15.9. The third-order valence-corrected chi connectivity index (χ3v) is 4.41. The summed E-state index contributed by atoms with van der Waals surface area (Å²) in [4.78, 5) is 21.9. The van der Waals surface area contributed by atoms with Gasteiger partial charge in [-0.25, -0.2) is 19.2 Å². The van der Waals surface area contributed by atoms with Crippen LogP contribution in [0.15, 0.2) is 36.7 Å². The first-order valence-electron chi connectivity index (χ1n) is 9.57. The average molecular weight is 388 g/mol. The van der Waals surface area contributed by atoms with Crippen molar-refractivity contribution in [1.29, 1.82) is 0 Å². The number of nitrogens with one attached hydrogen (secondary N) is 1. The van der Waals surface area contributed by atoms with Gasteiger partial charge in [-0.2, -0.15) is 0 Å². The minimum Gasteiger partial charge on any atom is -0.494 e. The molecule has 2 aromatic rings. The molecular weight excluding hydrogens is 363 g/mol. The second-order valence-electron chi connectivity index (χ2n) is 6.67. The first-order valence-corrected chi connectivity index (χ1v) is 9.57. The molecule has 1 aliphatic rings. The molecule has 1 unspecified atom stereocenters. The summed E-state index contributed by atoms with van der Waals surface area (Å²) < 4.78 is 24.2. The lowest BCUT2D eigenvalue weighted by atomic mass is 10.1. The number of urea groups is 1. The van der Waals surface area contributed by atoms with Crippen molar-refractivity contribution in [2.75, 3.05) is 25.0 Å². The molecule has 1 aromatic heterocycles. The van der Waals surface area contributed by atoms with Gasteiger partial charge in [-0.15, -0.1) is 0 Å². The maximum absolute atomic E-state index is 12.9. The summed E-state index contributed by atoms with van der Waals surface area (Å²) in [6.07, 6.45) is 5.59. The number of aromatic nitrogens is 2. The van der Waals surface area contributed by atoms with E-state index in [1.54, 1.807) is 4.90 Å². The van der Waals surface area contributed by atoms with Crippen LogP contribution in [0, 0.1) is 5.82 Å². The number of rotatable bonds is 7. The Labute approximate surface area is 163 Å². The molecule has 150 valence electrons. The van der Waals surface area contributed by atoms with Gasteiger partial charge in [0.05, 0.1) is 25.5 Å². The molecule has 2 amide bonds. The van der Waals surface area contributed by atoms with Crippen LogP contribution < -0.4 is 14.8 Å². The summed E-state index contributed by atoms with van der Waals surface area (Å²) in [5.41, 5.74) is 0.706. The summed E-state index contributed by atoms with van der Waals surface area (Å²) in [7, 11) is 0. The largest absolute Gasteiger partial charge is 0.494 e. The number of anilines is 1. The van der Waals surface area contributed by atoms with Crippen LogP contribution in [0.2, 0.25) is 0 Å². The van der Waals surface area contributed by atoms with Crippen LogP contribution >= 0.6 is 0 Å². The fraction of sp³-hybridized carbons (Fsp3) is 0.450. The fourth-order valence-corrected chi connectivity index (χ4v) is 2.90. The number of hydrogen-bond donors (Lipinski definition) is 1. The summed E-state index contributed by atoms with van der Waals surface area (Å²) in [5, 5.41) is 2.89. The molecule has 0 spiro atoms. The van der Waals surface area contributed by atoms with Crippen molar-refractivity contribution >= 4 is 11.7 Å². The van der Waals surface area contributed by atoms with E-state index in [-0.39, 0.29) is 18.1 Å². The molecule has 0 aliphatic carbocycles. The van der Waals surface area contributed by atoms with E-state index in [4.69, 9.17) is 9.47 Å². The molecular formula is C20H25FN4O3. The molecule has 1 fully saturated rings. The third kappa shape index (κ3) is 5.80. The number of benzene rings is 1. The maximum Gasteiger partial charge on any atom is 0.321 e. The number of carbonyl (C=O) groups is 1. The van der Waals surface area contributed by atoms with Gasteiger partial charge in [0, 0.05) is 12.2 Å². The Balaban J connectivity index is 1.50. The van der Waals surface area contributed by atoms with Crippen LogP contribution in [-0.2, 0) is 0 Å². The van der Waals surface area contributed by atoms with Gasteiger partial charge in [-0.1, -0.05) is 13.3 Å². The molecule has 0 bridgehead atoms. The highest BCUT2D eigenvalue weighted by molar-refractivity contribution is 5.89. The molecule has 1 N–H and O–H groups in total. The number of halogens is 1. The van der Waals surface area contributed by atoms with Gasteiger partial charge in [-0.05, 0) is 43.5 Å². The highest BCUT2D eigenvalue weighted by atomic mass is 19.1. The Morgan fingerprint density at radius 1 is 1.29 bits per heavy atom. The van der Waals surface area contributed by atoms with Crippen LogP contribution in [-0.4, -0.2) is 46.7 Å². The second kappa shape index (κ2) is 9.87. The van der Waals surface area contributed by atoms with Crippen LogP contribution in [0.4, 0.5) is 14.9 Å². The van der Waals surface area contributed by atoms with Crippen LogP contribution in [0.1, 0.15) is 32.6 Å². The SMILES string of the molecule is CCCCOc1ccc(NC(=O)N2CCCC(Oc3ncc(F)cn3)C2)cc1. The predicted molar refractivity (Wildman–Crippen MR) is 103 cm³/mol. The lowest BCUT2D eigenvalue weighted by Gasteiger charge is -2.32. The Bertz CT molecular complexity index is 755. The number of unbranched alkanes of at least 4 members (excludes halogenated alkanes) is 1. The van der Waals surface area contributed by atoms with E-state index in [2.05, 4.69) is 22.2 Å². The maximum atomic E-state index is 12.9. The van der Waals surface area contributed by atoms with Crippen molar-refractivity contribution in [3.05, 3.63) is 42.5 Å². The molecule has 8 heteroatoms. The van der Waals surface area contributed by atoms with Crippen molar-refractivity contribution in [1.82, 2.24) is 14.9 Å². The summed E-state index contributed by atoms with van der Waals surface area (Å²) >= 11 is 0. The summed E-state index contributed by atoms with van der Waals surface area (Å²) in [6, 6.07) is 7.27. The zero-order valence-electron chi connectivity index (χ0n) is 15.9. The van der Waals surface area contributed by atoms with Crippen molar-refractivity contribution in [3.63, 3.8) is 0 Å². The second-order valence-corrected chi connectivity index (χ2v) is 6.67. The molecule has 1 aliphatic heterocycles. The number of piperidine rings is 1. The van der Waals surface area contributed by atoms with E-state index in [9.17, 15) is 9.18 Å². The lowest BCUT2D eigenvalue weighted by molar-refractivity contribution is 0.0981. The van der Waals surface area contributed by atoms with E-state index in [1.165, 1.54) is 0 Å². The van der Waals surface area contributed by atoms with Crippen molar-refractivity contribution in [2.24, 2.45) is 0 Å². The van der Waals surface area contributed by atoms with Gasteiger partial charge in [0.25, 0.3) is 0 Å². The number of ether oxygens (including phenoxy) is 2. The van der Waals surface area contributed by atoms with Gasteiger partial charge >= 0.3 is 12.0 Å². The van der Waals surface area contributed by atoms with Gasteiger partial charge in [0.2, 0.25) is 0 Å². The van der Waals surface area contributed by atoms with E-state index in [1.807, 2.05) is 24.3 Å². The highest BCUT2D eigenvalue weighted by Crippen LogP contribution is 2.19. The average Bonchev–Trinajstić information content (AvgIpc) is 2.71. The molecule has 1 aromatic carbocycles. The summed E-state index contributed by atoms with van der Waals surface area (Å²) in [5.74, 6) is 0.274. The van der Waals surface area contributed by atoms with Crippen LogP contribution in [0.25, 0.3) is 0 Å². The quantitative estimate of drug-likeness (QED) is 0.729. The Kier molecular flexibility index (Phi) is 7.00. The minimum absolute atomic E-state index is 0.118. The van der Waals surface area contributed by atoms with E-state index in [0.29, 0.717) is 25.4 Å². The van der Waals surface area contributed by atoms with Crippen molar-refractivity contribution in [2.45, 2.75) is 38.7 Å². The standard InChI is InChI=1S/C20H25FN4O3/c1-2-3-11-27-17-8-6-16(7-9-17)24-20(26)25-10-4-5-18(14-25)28-19-22-12-15(21)13-23-19/h6-9,12-13,18H,2-5,10-11,14H2,1H3,(H,24,26). The molecule has 28 heavy (non-hydrogen) atoms. The van der Waals surface area contributed by atoms with E-state index in [0.717, 1.165) is 43.8 Å². The van der Waals surface area contributed by atoms with Gasteiger partial charge in [-0.3, -0.25) is 0 Å². The van der Waals surface area contributed by atoms with E-state index < -0.39 is 5.82 Å². The zero-order chi connectivity index (χ0) is 19.8. The highest BCUT2D eigenvalue weighted by Gasteiger charge is 2.25. The summed E-state index contributed by atoms with van der Waals surface area (Å²) in [6.45, 7) is 3.87. The molecule has 2 heterocycles.